The number of hydrogen-bond donors (Lipinski definition) is 10. The summed E-state index contributed by atoms with van der Waals surface area (Å²) >= 11 is 4.63. The lowest BCUT2D eigenvalue weighted by molar-refractivity contribution is -0.158. The van der Waals surface area contributed by atoms with Crippen LogP contribution in [0.25, 0.3) is 0 Å². The zero-order valence-corrected chi connectivity index (χ0v) is 85.1. The van der Waals surface area contributed by atoms with E-state index in [-0.39, 0.29) is 182 Å². The van der Waals surface area contributed by atoms with Crippen LogP contribution in [0.1, 0.15) is 242 Å². The smallest absolute Gasteiger partial charge is 0.306 e. The fourth-order valence-electron chi connectivity index (χ4n) is 15.0. The lowest BCUT2D eigenvalue weighted by Gasteiger charge is -2.38. The summed E-state index contributed by atoms with van der Waals surface area (Å²) in [5, 5.41) is 67.1. The van der Waals surface area contributed by atoms with E-state index in [1.54, 1.807) is 23.9 Å². The molecule has 10 N–H and O–H groups in total. The molecule has 0 radical (unpaired) electrons. The number of esters is 2. The van der Waals surface area contributed by atoms with Crippen molar-refractivity contribution in [2.75, 3.05) is 84.2 Å². The van der Waals surface area contributed by atoms with Gasteiger partial charge in [-0.25, -0.2) is 20.0 Å². The predicted octanol–water partition coefficient (Wildman–Crippen LogP) is 11.2. The molecule has 0 saturated carbocycles. The van der Waals surface area contributed by atoms with Gasteiger partial charge in [0, 0.05) is 156 Å². The van der Waals surface area contributed by atoms with Crippen LogP contribution in [-0.4, -0.2) is 263 Å². The summed E-state index contributed by atoms with van der Waals surface area (Å²) in [4.78, 5) is 232. The predicted molar refractivity (Wildman–Crippen MR) is 518 cm³/mol. The number of thioether (sulfide) groups is 2. The van der Waals surface area contributed by atoms with Gasteiger partial charge in [-0.15, -0.1) is 46.2 Å². The Bertz CT molecular complexity index is 4560. The van der Waals surface area contributed by atoms with Gasteiger partial charge in [-0.1, -0.05) is 94.2 Å². The monoisotopic (exact) mass is 1960 g/mol. The van der Waals surface area contributed by atoms with E-state index in [4.69, 9.17) is 9.47 Å². The molecule has 2 unspecified atom stereocenters. The van der Waals surface area contributed by atoms with Gasteiger partial charge in [0.15, 0.2) is 23.8 Å². The van der Waals surface area contributed by atoms with E-state index in [0.29, 0.717) is 29.1 Å². The van der Waals surface area contributed by atoms with Gasteiger partial charge in [0.1, 0.15) is 32.9 Å². The summed E-state index contributed by atoms with van der Waals surface area (Å²) in [6.07, 6.45) is 0.287. The van der Waals surface area contributed by atoms with Crippen molar-refractivity contribution in [2.24, 2.45) is 47.3 Å². The average Bonchev–Trinajstić information content (AvgIpc) is 1.80. The number of aliphatic carboxylic acids is 2. The molecule has 746 valence electrons. The third kappa shape index (κ3) is 35.8. The van der Waals surface area contributed by atoms with Crippen LogP contribution in [0.2, 0.25) is 0 Å². The van der Waals surface area contributed by atoms with Gasteiger partial charge in [-0.2, -0.15) is 0 Å². The Balaban J connectivity index is 1.20. The van der Waals surface area contributed by atoms with E-state index >= 15 is 0 Å². The van der Waals surface area contributed by atoms with E-state index in [1.807, 2.05) is 121 Å². The van der Waals surface area contributed by atoms with E-state index in [9.17, 15) is 97.1 Å². The van der Waals surface area contributed by atoms with Gasteiger partial charge in [-0.3, -0.25) is 86.5 Å². The molecule has 0 fully saturated rings. The summed E-state index contributed by atoms with van der Waals surface area (Å²) in [5.41, 5.74) is -0.982. The second kappa shape index (κ2) is 54.3. The summed E-state index contributed by atoms with van der Waals surface area (Å²) in [7, 11) is 10.6. The highest BCUT2D eigenvalue weighted by molar-refractivity contribution is 8.18. The van der Waals surface area contributed by atoms with Gasteiger partial charge in [0.05, 0.1) is 47.4 Å². The molecule has 1 aliphatic rings. The Labute approximate surface area is 808 Å². The summed E-state index contributed by atoms with van der Waals surface area (Å²) in [6, 6.07) is 5.76. The molecule has 0 aliphatic carbocycles. The number of ketones is 2. The molecule has 3 heterocycles. The van der Waals surface area contributed by atoms with Crippen LogP contribution in [0.4, 0.5) is 11.4 Å². The van der Waals surface area contributed by atoms with Crippen LogP contribution in [-0.2, 0) is 89.4 Å². The van der Waals surface area contributed by atoms with E-state index in [0.717, 1.165) is 32.7 Å². The number of aromatic nitrogens is 2. The maximum Gasteiger partial charge on any atom is 0.306 e. The number of aromatic hydroxyl groups is 2. The first-order valence-electron chi connectivity index (χ1n) is 45.5. The molecule has 2 aromatic heterocycles. The number of Topliss-reactive ketones (excluding diaryl/α,β-unsaturated/α-hetero) is 2. The Morgan fingerprint density at radius 2 is 0.852 bits per heavy atom. The van der Waals surface area contributed by atoms with Crippen LogP contribution in [0.15, 0.2) is 70.1 Å². The zero-order chi connectivity index (χ0) is 101. The molecule has 1 aliphatic heterocycles. The van der Waals surface area contributed by atoms with E-state index in [1.165, 1.54) is 121 Å². The molecule has 4 aromatic rings. The number of nitrogens with one attached hydrogen (secondary N) is 6. The average molecular weight is 1960 g/mol. The third-order valence-electron chi connectivity index (χ3n) is 24.9. The molecule has 0 saturated heterocycles. The van der Waals surface area contributed by atoms with Gasteiger partial charge < -0.3 is 71.6 Å². The molecule has 36 nitrogen and oxygen atoms in total. The zero-order valence-electron chi connectivity index (χ0n) is 81.8. The van der Waals surface area contributed by atoms with Crippen LogP contribution in [0, 0.1) is 47.3 Å². The molecule has 135 heavy (non-hydrogen) atoms. The van der Waals surface area contributed by atoms with Crippen LogP contribution < -0.4 is 31.9 Å². The third-order valence-corrected chi connectivity index (χ3v) is 28.6. The minimum absolute atomic E-state index is 0.00473. The van der Waals surface area contributed by atoms with Gasteiger partial charge in [0.2, 0.25) is 35.4 Å². The van der Waals surface area contributed by atoms with Crippen molar-refractivity contribution in [2.45, 2.75) is 248 Å². The quantitative estimate of drug-likeness (QED) is 0.0145. The first kappa shape index (κ1) is 115. The van der Waals surface area contributed by atoms with E-state index < -0.39 is 155 Å². The molecular formula is C95H140N14O22S4. The topological polar surface area (TPSA) is 490 Å². The van der Waals surface area contributed by atoms with Crippen molar-refractivity contribution < 1.29 is 107 Å². The number of likely N-dealkylation sites (N-methyl/N-ethyl adjacent to an activating group) is 2. The first-order chi connectivity index (χ1) is 63.2. The number of anilines is 2. The fraction of sp³-hybridized carbons (Fsp3) is 0.600. The van der Waals surface area contributed by atoms with Crippen molar-refractivity contribution >= 4 is 152 Å². The molecule has 10 amide bonds. The lowest BCUT2D eigenvalue weighted by Crippen LogP contribution is -2.51. The molecule has 12 atom stereocenters. The van der Waals surface area contributed by atoms with Crippen molar-refractivity contribution in [1.82, 2.24) is 60.9 Å². The number of thiazole rings is 2. The summed E-state index contributed by atoms with van der Waals surface area (Å²) in [6.45, 7) is 26.9. The molecule has 5 rings (SSSR count). The highest BCUT2D eigenvalue weighted by Crippen LogP contribution is 2.38. The van der Waals surface area contributed by atoms with Gasteiger partial charge in [0.25, 0.3) is 23.6 Å². The Hall–Kier alpha value is -10.7. The molecule has 40 heteroatoms. The fourth-order valence-corrected chi connectivity index (χ4v) is 18.0. The number of rotatable bonds is 54. The second-order valence-corrected chi connectivity index (χ2v) is 40.6. The molecule has 0 bridgehead atoms. The number of benzene rings is 2. The molecular weight excluding hydrogens is 1820 g/mol. The normalized spacial score (nSPS) is 15.9. The highest BCUT2D eigenvalue weighted by atomic mass is 32.2. The van der Waals surface area contributed by atoms with Crippen molar-refractivity contribution in [3.8, 4) is 11.5 Å². The van der Waals surface area contributed by atoms with Crippen LogP contribution in [0.3, 0.4) is 0 Å². The number of phenolic OH excluding ortho intramolecular Hbond substituents is 2. The van der Waals surface area contributed by atoms with Gasteiger partial charge >= 0.3 is 23.9 Å². The second-order valence-electron chi connectivity index (χ2n) is 36.7. The number of carboxylic acid groups (broad SMARTS) is 2. The number of hydrogen-bond acceptors (Lipinski definition) is 28. The number of carbonyl (C=O) groups excluding carboxylic acids is 14. The first-order valence-corrected chi connectivity index (χ1v) is 49.3. The number of ether oxygens (including phenoxy) is 2. The Kier molecular flexibility index (Phi) is 46.2. The minimum Gasteiger partial charge on any atom is -0.506 e. The van der Waals surface area contributed by atoms with Crippen molar-refractivity contribution in [3.63, 3.8) is 0 Å². The maximum absolute atomic E-state index is 14.5. The number of phenols is 2. The number of amides is 10. The summed E-state index contributed by atoms with van der Waals surface area (Å²) < 4.78 is 11.7. The van der Waals surface area contributed by atoms with Crippen LogP contribution >= 0.6 is 46.2 Å². The van der Waals surface area contributed by atoms with Crippen LogP contribution in [0.5, 0.6) is 11.5 Å². The standard InChI is InChI=1S/C95H140N14O22S4/c1-23-56(7)66(47-78(114)94(13,14)104(17)18)90(124)106(21)72(54(3)4)49-76(130-60(11)110)88-102-70(51-134-88)86(122)98-64(41-58(9)92(126)127)43-62-25-27-74(112)68(45-62)100-82(118)29-35-96-80(116)31-37-108-84(120)33-39-132-53-133-40-34-85(121)109(108)38-32-81(117)97-36-30-83(119)101-69-46-63(26-28-75(69)113)44-65(42-59(10)93(128)129)99-87(123)71-52-135-89(103-71)77(131-61(12)111)50-73(55(5)6)107(22)91(125)67(57(8)24-2)48-79(115)95(15,16)105(19)20/h25-28,33-34,39-40,45-46,51-52,54-59,64-67,72-73,76-77,112-113H,23-24,29-32,35-38,41-44,47-50,53H2,1-22H3,(H,96,116)(H,97,117)(H,98,122)(H,99,123)(H,100,118)(H,101,119)(H,126,127)(H,128,129)/b39-33+,40-34+/t56-,57-,58?,59?,64+,65+,66-,67-,72+,73+,76+,77+/m0/s1. The molecule has 2 aromatic carbocycles. The summed E-state index contributed by atoms with van der Waals surface area (Å²) in [5.74, 6) is -14.1. The maximum atomic E-state index is 14.5. The van der Waals surface area contributed by atoms with Crippen molar-refractivity contribution in [3.05, 3.63) is 103 Å². The number of carbonyl (C=O) groups is 16. The van der Waals surface area contributed by atoms with Crippen molar-refractivity contribution in [1.29, 1.82) is 0 Å². The van der Waals surface area contributed by atoms with Gasteiger partial charge in [-0.05, 0) is 151 Å². The number of hydrazine groups is 1. The molecule has 0 spiro atoms. The Morgan fingerprint density at radius 1 is 0.504 bits per heavy atom. The highest BCUT2D eigenvalue weighted by Gasteiger charge is 2.43. The number of nitrogens with zero attached hydrogens (tertiary/aromatic N) is 8. The SMILES string of the molecule is CC[C@H](C)[C@H](CC(=O)C(C)(C)N(C)C)C(=O)N(C)[C@H](C[C@@H](OC(C)=O)c1nc(C(=O)N[C@@H](Cc2ccc(O)c(NC(=O)CCNC(=O)CCN3C(=O)/C=C/SCS/C=C/C(=O)N3CCC(=O)NCCC(=O)Nc3cc(C[C@@H](CC(C)C(=O)O)NC(=O)c4csc([C@@H](C[C@H](C(C)C)N(C)C(=O)[C@@H](CC(=O)C(C)(C)N(C)C)[C@@H](C)CC)OC(C)=O)n4)ccc3O)c2)CC(C)C(=O)O)cs1)C(C)C. The lowest BCUT2D eigenvalue weighted by atomic mass is 9.81. The Morgan fingerprint density at radius 3 is 1.16 bits per heavy atom. The largest absolute Gasteiger partial charge is 0.506 e. The minimum atomic E-state index is -1.14. The number of carboxylic acids is 2. The van der Waals surface area contributed by atoms with E-state index in [2.05, 4.69) is 41.9 Å².